The highest BCUT2D eigenvalue weighted by atomic mass is 32.2. The highest BCUT2D eigenvalue weighted by Crippen LogP contribution is 2.26. The zero-order valence-corrected chi connectivity index (χ0v) is 13.0. The summed E-state index contributed by atoms with van der Waals surface area (Å²) in [6.07, 6.45) is 1.40. The Morgan fingerprint density at radius 2 is 2.00 bits per heavy atom. The Bertz CT molecular complexity index is 720. The lowest BCUT2D eigenvalue weighted by molar-refractivity contribution is 0.409. The first kappa shape index (κ1) is 15.4. The predicted octanol–water partition coefficient (Wildman–Crippen LogP) is 0.748. The molecule has 0 atom stereocenters. The third kappa shape index (κ3) is 3.56. The Morgan fingerprint density at radius 3 is 2.52 bits per heavy atom. The van der Waals surface area contributed by atoms with Crippen molar-refractivity contribution in [2.45, 2.75) is 31.2 Å². The second kappa shape index (κ2) is 5.41. The summed E-state index contributed by atoms with van der Waals surface area (Å²) in [5.41, 5.74) is -0.0159. The molecule has 0 fully saturated rings. The molecule has 21 heavy (non-hydrogen) atoms. The molecule has 1 aromatic heterocycles. The number of nitrogens with zero attached hydrogens (tertiary/aromatic N) is 4. The number of aromatic nitrogens is 4. The lowest BCUT2D eigenvalue weighted by Gasteiger charge is -2.20. The third-order valence-corrected chi connectivity index (χ3v) is 4.25. The summed E-state index contributed by atoms with van der Waals surface area (Å²) in [4.78, 5) is 0.117. The van der Waals surface area contributed by atoms with E-state index in [1.54, 1.807) is 26.8 Å². The standard InChI is InChI=1S/C12H17N5O3S/c1-12(2,3)14-21(18,19)9-5-6-10(11(7-9)20-4)17-8-13-15-16-17/h5-8,14H,1-4H3. The van der Waals surface area contributed by atoms with Crippen LogP contribution >= 0.6 is 0 Å². The summed E-state index contributed by atoms with van der Waals surface area (Å²) in [6.45, 7) is 5.33. The van der Waals surface area contributed by atoms with E-state index in [-0.39, 0.29) is 4.90 Å². The number of tetrazole rings is 1. The minimum absolute atomic E-state index is 0.117. The molecule has 8 nitrogen and oxygen atoms in total. The van der Waals surface area contributed by atoms with Crippen molar-refractivity contribution in [3.8, 4) is 11.4 Å². The van der Waals surface area contributed by atoms with Crippen LogP contribution in [-0.2, 0) is 10.0 Å². The van der Waals surface area contributed by atoms with Gasteiger partial charge >= 0.3 is 0 Å². The van der Waals surface area contributed by atoms with Crippen molar-refractivity contribution in [3.05, 3.63) is 24.5 Å². The van der Waals surface area contributed by atoms with E-state index in [0.29, 0.717) is 11.4 Å². The topological polar surface area (TPSA) is 99.0 Å². The number of ether oxygens (including phenoxy) is 1. The Kier molecular flexibility index (Phi) is 3.97. The molecule has 0 bridgehead atoms. The molecule has 0 aliphatic carbocycles. The largest absolute Gasteiger partial charge is 0.494 e. The Balaban J connectivity index is 2.45. The first-order valence-electron chi connectivity index (χ1n) is 6.18. The van der Waals surface area contributed by atoms with Crippen molar-refractivity contribution in [1.82, 2.24) is 24.9 Å². The maximum atomic E-state index is 12.3. The van der Waals surface area contributed by atoms with Gasteiger partial charge in [-0.05, 0) is 43.3 Å². The van der Waals surface area contributed by atoms with Crippen molar-refractivity contribution in [3.63, 3.8) is 0 Å². The molecule has 114 valence electrons. The van der Waals surface area contributed by atoms with Gasteiger partial charge in [-0.15, -0.1) is 5.10 Å². The first-order valence-corrected chi connectivity index (χ1v) is 7.67. The van der Waals surface area contributed by atoms with Gasteiger partial charge in [-0.2, -0.15) is 4.68 Å². The number of methoxy groups -OCH3 is 1. The van der Waals surface area contributed by atoms with E-state index in [9.17, 15) is 8.42 Å². The van der Waals surface area contributed by atoms with Crippen molar-refractivity contribution < 1.29 is 13.2 Å². The molecule has 1 N–H and O–H groups in total. The average Bonchev–Trinajstić information content (AvgIpc) is 2.88. The zero-order chi connectivity index (χ0) is 15.7. The van der Waals surface area contributed by atoms with Crippen LogP contribution in [0.2, 0.25) is 0 Å². The molecular formula is C12H17N5O3S. The lowest BCUT2D eigenvalue weighted by Crippen LogP contribution is -2.40. The van der Waals surface area contributed by atoms with Gasteiger partial charge in [0.1, 0.15) is 17.8 Å². The minimum atomic E-state index is -3.63. The average molecular weight is 311 g/mol. The number of benzene rings is 1. The van der Waals surface area contributed by atoms with Gasteiger partial charge in [0.15, 0.2) is 0 Å². The monoisotopic (exact) mass is 311 g/mol. The fourth-order valence-electron chi connectivity index (χ4n) is 1.75. The first-order chi connectivity index (χ1) is 9.73. The lowest BCUT2D eigenvalue weighted by atomic mass is 10.1. The van der Waals surface area contributed by atoms with Crippen LogP contribution in [0.15, 0.2) is 29.4 Å². The van der Waals surface area contributed by atoms with E-state index in [1.807, 2.05) is 0 Å². The van der Waals surface area contributed by atoms with Crippen LogP contribution in [0.25, 0.3) is 5.69 Å². The van der Waals surface area contributed by atoms with Crippen LogP contribution in [0.5, 0.6) is 5.75 Å². The van der Waals surface area contributed by atoms with E-state index in [4.69, 9.17) is 4.74 Å². The number of hydrogen-bond acceptors (Lipinski definition) is 6. The van der Waals surface area contributed by atoms with E-state index in [1.165, 1.54) is 30.3 Å². The van der Waals surface area contributed by atoms with Crippen LogP contribution in [0.3, 0.4) is 0 Å². The number of hydrogen-bond donors (Lipinski definition) is 1. The SMILES string of the molecule is COc1cc(S(=O)(=O)NC(C)(C)C)ccc1-n1cnnn1. The smallest absolute Gasteiger partial charge is 0.241 e. The fraction of sp³-hybridized carbons (Fsp3) is 0.417. The van der Waals surface area contributed by atoms with Gasteiger partial charge in [-0.3, -0.25) is 0 Å². The highest BCUT2D eigenvalue weighted by Gasteiger charge is 2.23. The van der Waals surface area contributed by atoms with Crippen LogP contribution in [-0.4, -0.2) is 41.3 Å². The van der Waals surface area contributed by atoms with Gasteiger partial charge in [0.2, 0.25) is 10.0 Å². The summed E-state index contributed by atoms with van der Waals surface area (Å²) in [5, 5.41) is 10.8. The Morgan fingerprint density at radius 1 is 1.29 bits per heavy atom. The Labute approximate surface area is 123 Å². The summed E-state index contributed by atoms with van der Waals surface area (Å²) in [5.74, 6) is 0.360. The number of sulfonamides is 1. The van der Waals surface area contributed by atoms with Gasteiger partial charge in [0, 0.05) is 11.6 Å². The Hall–Kier alpha value is -2.00. The van der Waals surface area contributed by atoms with Crippen LogP contribution in [0.1, 0.15) is 20.8 Å². The van der Waals surface area contributed by atoms with E-state index >= 15 is 0 Å². The second-order valence-corrected chi connectivity index (χ2v) is 7.13. The van der Waals surface area contributed by atoms with E-state index in [0.717, 1.165) is 0 Å². The summed E-state index contributed by atoms with van der Waals surface area (Å²) in [7, 11) is -2.17. The quantitative estimate of drug-likeness (QED) is 0.894. The molecule has 2 rings (SSSR count). The molecular weight excluding hydrogens is 294 g/mol. The highest BCUT2D eigenvalue weighted by molar-refractivity contribution is 7.89. The van der Waals surface area contributed by atoms with Gasteiger partial charge in [-0.1, -0.05) is 0 Å². The molecule has 0 aliphatic heterocycles. The number of nitrogens with one attached hydrogen (secondary N) is 1. The molecule has 0 spiro atoms. The molecule has 1 heterocycles. The third-order valence-electron chi connectivity index (χ3n) is 2.50. The summed E-state index contributed by atoms with van der Waals surface area (Å²) < 4.78 is 33.8. The molecule has 9 heteroatoms. The van der Waals surface area contributed by atoms with E-state index in [2.05, 4.69) is 20.2 Å². The van der Waals surface area contributed by atoms with Crippen molar-refractivity contribution in [2.75, 3.05) is 7.11 Å². The van der Waals surface area contributed by atoms with Gasteiger partial charge < -0.3 is 4.74 Å². The van der Waals surface area contributed by atoms with Crippen molar-refractivity contribution >= 4 is 10.0 Å². The van der Waals surface area contributed by atoms with E-state index < -0.39 is 15.6 Å². The van der Waals surface area contributed by atoms with Gasteiger partial charge in [0.25, 0.3) is 0 Å². The fourth-order valence-corrected chi connectivity index (χ4v) is 3.18. The minimum Gasteiger partial charge on any atom is -0.494 e. The maximum absolute atomic E-state index is 12.3. The van der Waals surface area contributed by atoms with Crippen LogP contribution in [0, 0.1) is 0 Å². The second-order valence-electron chi connectivity index (χ2n) is 5.44. The number of rotatable bonds is 4. The molecule has 0 aliphatic rings. The molecule has 0 saturated carbocycles. The van der Waals surface area contributed by atoms with Crippen molar-refractivity contribution in [1.29, 1.82) is 0 Å². The molecule has 1 aromatic carbocycles. The molecule has 2 aromatic rings. The normalized spacial score (nSPS) is 12.4. The van der Waals surface area contributed by atoms with Crippen LogP contribution < -0.4 is 9.46 Å². The molecule has 0 radical (unpaired) electrons. The molecule has 0 amide bonds. The maximum Gasteiger partial charge on any atom is 0.241 e. The van der Waals surface area contributed by atoms with Gasteiger partial charge in [0.05, 0.1) is 12.0 Å². The summed E-state index contributed by atoms with van der Waals surface area (Å²) in [6, 6.07) is 4.51. The zero-order valence-electron chi connectivity index (χ0n) is 12.2. The molecule has 0 unspecified atom stereocenters. The van der Waals surface area contributed by atoms with Crippen LogP contribution in [0.4, 0.5) is 0 Å². The van der Waals surface area contributed by atoms with Crippen molar-refractivity contribution in [2.24, 2.45) is 0 Å². The van der Waals surface area contributed by atoms with Gasteiger partial charge in [-0.25, -0.2) is 13.1 Å². The predicted molar refractivity (Wildman–Crippen MR) is 75.8 cm³/mol. The summed E-state index contributed by atoms with van der Waals surface area (Å²) >= 11 is 0. The molecule has 0 saturated heterocycles.